The van der Waals surface area contributed by atoms with Gasteiger partial charge >= 0.3 is 0 Å². The van der Waals surface area contributed by atoms with E-state index in [1.807, 2.05) is 13.8 Å². The minimum absolute atomic E-state index is 0.828. The second kappa shape index (κ2) is 10.6. The van der Waals surface area contributed by atoms with Gasteiger partial charge in [-0.3, -0.25) is 4.90 Å². The fourth-order valence-electron chi connectivity index (χ4n) is 2.43. The molecule has 1 saturated heterocycles. The predicted molar refractivity (Wildman–Crippen MR) is 91.1 cm³/mol. The Morgan fingerprint density at radius 3 is 2.52 bits per heavy atom. The lowest BCUT2D eigenvalue weighted by molar-refractivity contribution is 0.233. The van der Waals surface area contributed by atoms with E-state index in [1.54, 1.807) is 0 Å². The highest BCUT2D eigenvalue weighted by Gasteiger charge is 2.10. The Bertz CT molecular complexity index is 387. The van der Waals surface area contributed by atoms with Crippen molar-refractivity contribution in [1.82, 2.24) is 10.2 Å². The van der Waals surface area contributed by atoms with Crippen LogP contribution in [0.25, 0.3) is 0 Å². The summed E-state index contributed by atoms with van der Waals surface area (Å²) in [7, 11) is 0. The molecule has 3 heteroatoms. The Morgan fingerprint density at radius 1 is 1.19 bits per heavy atom. The van der Waals surface area contributed by atoms with Crippen LogP contribution in [0.3, 0.4) is 0 Å². The molecule has 0 aliphatic carbocycles. The predicted octanol–water partition coefficient (Wildman–Crippen LogP) is 3.61. The molecule has 21 heavy (non-hydrogen) atoms. The Hall–Kier alpha value is -1.06. The zero-order valence-corrected chi connectivity index (χ0v) is 14.2. The van der Waals surface area contributed by atoms with Gasteiger partial charge in [-0.25, -0.2) is 0 Å². The summed E-state index contributed by atoms with van der Waals surface area (Å²) < 4.78 is 5.80. The minimum Gasteiger partial charge on any atom is -0.493 e. The third kappa shape index (κ3) is 6.49. The van der Waals surface area contributed by atoms with E-state index >= 15 is 0 Å². The summed E-state index contributed by atoms with van der Waals surface area (Å²) >= 11 is 0. The molecule has 1 N–H and O–H groups in total. The second-order valence-corrected chi connectivity index (χ2v) is 5.33. The number of hydrogen-bond donors (Lipinski definition) is 1. The van der Waals surface area contributed by atoms with E-state index < -0.39 is 0 Å². The maximum absolute atomic E-state index is 5.80. The second-order valence-electron chi connectivity index (χ2n) is 5.33. The minimum atomic E-state index is 0.828. The molecule has 2 rings (SSSR count). The number of benzene rings is 1. The van der Waals surface area contributed by atoms with Gasteiger partial charge in [-0.15, -0.1) is 0 Å². The topological polar surface area (TPSA) is 24.5 Å². The number of piperazine rings is 1. The molecule has 0 saturated carbocycles. The molecule has 0 aromatic heterocycles. The lowest BCUT2D eigenvalue weighted by atomic mass is 10.1. The van der Waals surface area contributed by atoms with E-state index in [-0.39, 0.29) is 0 Å². The van der Waals surface area contributed by atoms with Crippen LogP contribution in [0.2, 0.25) is 0 Å². The van der Waals surface area contributed by atoms with Crippen molar-refractivity contribution in [2.45, 2.75) is 47.1 Å². The van der Waals surface area contributed by atoms with Crippen molar-refractivity contribution >= 4 is 0 Å². The fourth-order valence-corrected chi connectivity index (χ4v) is 2.43. The molecular formula is C18H32N2O. The van der Waals surface area contributed by atoms with Gasteiger partial charge < -0.3 is 10.1 Å². The van der Waals surface area contributed by atoms with Crippen LogP contribution in [-0.2, 0) is 6.54 Å². The zero-order chi connectivity index (χ0) is 15.5. The normalized spacial score (nSPS) is 15.2. The first-order chi connectivity index (χ1) is 10.3. The monoisotopic (exact) mass is 292 g/mol. The lowest BCUT2D eigenvalue weighted by Crippen LogP contribution is -2.42. The van der Waals surface area contributed by atoms with Crippen LogP contribution in [0.1, 0.15) is 44.7 Å². The van der Waals surface area contributed by atoms with E-state index in [4.69, 9.17) is 4.74 Å². The van der Waals surface area contributed by atoms with Crippen molar-refractivity contribution < 1.29 is 4.74 Å². The summed E-state index contributed by atoms with van der Waals surface area (Å²) in [4.78, 5) is 2.50. The van der Waals surface area contributed by atoms with E-state index in [0.29, 0.717) is 0 Å². The zero-order valence-electron chi connectivity index (χ0n) is 14.2. The standard InChI is InChI=1S/C16H26N2O.C2H6/c1-3-4-11-19-16-6-5-15(12-14(16)2)13-18-9-7-17-8-10-18;1-2/h5-6,12,17H,3-4,7-11,13H2,1-2H3;1-2H3. The van der Waals surface area contributed by atoms with Gasteiger partial charge in [0.15, 0.2) is 0 Å². The van der Waals surface area contributed by atoms with Crippen LogP contribution in [-0.4, -0.2) is 37.7 Å². The Labute approximate surface area is 130 Å². The number of nitrogens with zero attached hydrogens (tertiary/aromatic N) is 1. The van der Waals surface area contributed by atoms with Gasteiger partial charge in [-0.1, -0.05) is 39.3 Å². The number of hydrogen-bond acceptors (Lipinski definition) is 3. The fraction of sp³-hybridized carbons (Fsp3) is 0.667. The third-order valence-corrected chi connectivity index (χ3v) is 3.61. The smallest absolute Gasteiger partial charge is 0.122 e. The number of rotatable bonds is 6. The molecule has 0 atom stereocenters. The molecule has 1 aromatic rings. The van der Waals surface area contributed by atoms with Crippen LogP contribution in [0.4, 0.5) is 0 Å². The molecule has 1 fully saturated rings. The first kappa shape index (κ1) is 18.0. The van der Waals surface area contributed by atoms with Crippen molar-refractivity contribution in [3.8, 4) is 5.75 Å². The average molecular weight is 292 g/mol. The Balaban J connectivity index is 0.00000106. The van der Waals surface area contributed by atoms with Gasteiger partial charge in [0.25, 0.3) is 0 Å². The van der Waals surface area contributed by atoms with Gasteiger partial charge in [-0.05, 0) is 30.5 Å². The number of ether oxygens (including phenoxy) is 1. The molecule has 120 valence electrons. The molecule has 3 nitrogen and oxygen atoms in total. The largest absolute Gasteiger partial charge is 0.493 e. The number of unbranched alkanes of at least 4 members (excludes halogenated alkanes) is 1. The molecule has 1 heterocycles. The SMILES string of the molecule is CC.CCCCOc1ccc(CN2CCNCC2)cc1C. The number of aryl methyl sites for hydroxylation is 1. The van der Waals surface area contributed by atoms with Gasteiger partial charge in [0, 0.05) is 32.7 Å². The molecule has 1 aromatic carbocycles. The summed E-state index contributed by atoms with van der Waals surface area (Å²) in [5.41, 5.74) is 2.64. The van der Waals surface area contributed by atoms with E-state index in [1.165, 1.54) is 17.5 Å². The summed E-state index contributed by atoms with van der Waals surface area (Å²) in [6, 6.07) is 6.60. The van der Waals surface area contributed by atoms with Gasteiger partial charge in [0.1, 0.15) is 5.75 Å². The van der Waals surface area contributed by atoms with Crippen molar-refractivity contribution in [2.75, 3.05) is 32.8 Å². The van der Waals surface area contributed by atoms with Crippen LogP contribution in [0, 0.1) is 6.92 Å². The van der Waals surface area contributed by atoms with Crippen LogP contribution < -0.4 is 10.1 Å². The van der Waals surface area contributed by atoms with Crippen LogP contribution in [0.15, 0.2) is 18.2 Å². The van der Waals surface area contributed by atoms with Crippen LogP contribution >= 0.6 is 0 Å². The van der Waals surface area contributed by atoms with Gasteiger partial charge in [0.2, 0.25) is 0 Å². The van der Waals surface area contributed by atoms with Gasteiger partial charge in [0.05, 0.1) is 6.61 Å². The van der Waals surface area contributed by atoms with Crippen molar-refractivity contribution in [1.29, 1.82) is 0 Å². The molecule has 0 amide bonds. The summed E-state index contributed by atoms with van der Waals surface area (Å²) in [6.45, 7) is 14.7. The molecule has 0 unspecified atom stereocenters. The van der Waals surface area contributed by atoms with E-state index in [9.17, 15) is 0 Å². The van der Waals surface area contributed by atoms with Crippen molar-refractivity contribution in [3.63, 3.8) is 0 Å². The highest BCUT2D eigenvalue weighted by molar-refractivity contribution is 5.36. The van der Waals surface area contributed by atoms with Crippen LogP contribution in [0.5, 0.6) is 5.75 Å². The lowest BCUT2D eigenvalue weighted by Gasteiger charge is -2.27. The molecule has 0 bridgehead atoms. The van der Waals surface area contributed by atoms with E-state index in [0.717, 1.165) is 51.5 Å². The molecule has 1 aliphatic heterocycles. The highest BCUT2D eigenvalue weighted by Crippen LogP contribution is 2.20. The Kier molecular flexibility index (Phi) is 9.11. The maximum atomic E-state index is 5.80. The average Bonchev–Trinajstić information content (AvgIpc) is 2.53. The first-order valence-corrected chi connectivity index (χ1v) is 8.45. The number of nitrogens with one attached hydrogen (secondary N) is 1. The first-order valence-electron chi connectivity index (χ1n) is 8.45. The van der Waals surface area contributed by atoms with Gasteiger partial charge in [-0.2, -0.15) is 0 Å². The molecule has 1 aliphatic rings. The van der Waals surface area contributed by atoms with Crippen molar-refractivity contribution in [3.05, 3.63) is 29.3 Å². The quantitative estimate of drug-likeness (QED) is 0.811. The third-order valence-electron chi connectivity index (χ3n) is 3.61. The van der Waals surface area contributed by atoms with E-state index in [2.05, 4.69) is 42.3 Å². The van der Waals surface area contributed by atoms with Crippen molar-refractivity contribution in [2.24, 2.45) is 0 Å². The molecule has 0 spiro atoms. The summed E-state index contributed by atoms with van der Waals surface area (Å²) in [6.07, 6.45) is 2.31. The Morgan fingerprint density at radius 2 is 1.90 bits per heavy atom. The highest BCUT2D eigenvalue weighted by atomic mass is 16.5. The molecular weight excluding hydrogens is 260 g/mol. The molecule has 0 radical (unpaired) electrons. The summed E-state index contributed by atoms with van der Waals surface area (Å²) in [5, 5.41) is 3.39. The maximum Gasteiger partial charge on any atom is 0.122 e. The summed E-state index contributed by atoms with van der Waals surface area (Å²) in [5.74, 6) is 1.04.